The van der Waals surface area contributed by atoms with Crippen molar-refractivity contribution >= 4 is 10.0 Å². The fraction of sp³-hybridized carbons (Fsp3) is 1.00. The molecular weight excluding hydrogens is 290 g/mol. The second-order valence-corrected chi connectivity index (χ2v) is 8.70. The SMILES string of the molecule is CC(C)NCC(C)S(=O)(=O)NCC1CN2CCCC2CO1. The predicted molar refractivity (Wildman–Crippen MR) is 83.9 cm³/mol. The van der Waals surface area contributed by atoms with Gasteiger partial charge in [0.15, 0.2) is 0 Å². The highest BCUT2D eigenvalue weighted by molar-refractivity contribution is 7.90. The molecule has 2 fully saturated rings. The number of nitrogens with one attached hydrogen (secondary N) is 2. The molecule has 2 heterocycles. The van der Waals surface area contributed by atoms with Crippen LogP contribution in [0.3, 0.4) is 0 Å². The van der Waals surface area contributed by atoms with Crippen molar-refractivity contribution in [2.45, 2.75) is 57.1 Å². The van der Waals surface area contributed by atoms with Gasteiger partial charge in [0.05, 0.1) is 18.0 Å². The third-order valence-electron chi connectivity index (χ3n) is 4.32. The van der Waals surface area contributed by atoms with Gasteiger partial charge < -0.3 is 10.1 Å². The highest BCUT2D eigenvalue weighted by atomic mass is 32.2. The van der Waals surface area contributed by atoms with Gasteiger partial charge in [-0.3, -0.25) is 4.90 Å². The van der Waals surface area contributed by atoms with Crippen molar-refractivity contribution in [3.63, 3.8) is 0 Å². The zero-order chi connectivity index (χ0) is 15.5. The van der Waals surface area contributed by atoms with E-state index in [2.05, 4.69) is 14.9 Å². The Bertz CT molecular complexity index is 427. The second-order valence-electron chi connectivity index (χ2n) is 6.51. The molecule has 0 aromatic rings. The first kappa shape index (κ1) is 17.1. The molecule has 0 aromatic heterocycles. The van der Waals surface area contributed by atoms with Crippen LogP contribution in [-0.4, -0.2) is 69.5 Å². The molecule has 6 nitrogen and oxygen atoms in total. The van der Waals surface area contributed by atoms with E-state index in [0.717, 1.165) is 19.7 Å². The Balaban J connectivity index is 1.76. The van der Waals surface area contributed by atoms with Gasteiger partial charge in [0.25, 0.3) is 0 Å². The zero-order valence-corrected chi connectivity index (χ0v) is 14.2. The number of hydrogen-bond acceptors (Lipinski definition) is 5. The summed E-state index contributed by atoms with van der Waals surface area (Å²) in [6, 6.07) is 0.837. The van der Waals surface area contributed by atoms with Gasteiger partial charge in [-0.25, -0.2) is 13.1 Å². The average molecular weight is 319 g/mol. The Labute approximate surface area is 128 Å². The molecule has 124 valence electrons. The van der Waals surface area contributed by atoms with Gasteiger partial charge in [0.1, 0.15) is 0 Å². The van der Waals surface area contributed by atoms with Crippen molar-refractivity contribution in [3.05, 3.63) is 0 Å². The largest absolute Gasteiger partial charge is 0.374 e. The lowest BCUT2D eigenvalue weighted by Crippen LogP contribution is -2.51. The molecular formula is C14H29N3O3S. The minimum atomic E-state index is -3.29. The summed E-state index contributed by atoms with van der Waals surface area (Å²) in [5.41, 5.74) is 0. The molecule has 2 rings (SSSR count). The van der Waals surface area contributed by atoms with Crippen molar-refractivity contribution in [1.29, 1.82) is 0 Å². The van der Waals surface area contributed by atoms with Crippen molar-refractivity contribution in [2.75, 3.05) is 32.8 Å². The molecule has 3 unspecified atom stereocenters. The van der Waals surface area contributed by atoms with Gasteiger partial charge in [-0.05, 0) is 26.3 Å². The van der Waals surface area contributed by atoms with Gasteiger partial charge in [0, 0.05) is 31.7 Å². The standard InChI is InChI=1S/C14H29N3O3S/c1-11(2)15-7-12(3)21(18,19)16-8-14-9-17-6-4-5-13(17)10-20-14/h11-16H,4-10H2,1-3H3. The summed E-state index contributed by atoms with van der Waals surface area (Å²) in [6.07, 6.45) is 2.40. The van der Waals surface area contributed by atoms with Crippen molar-refractivity contribution in [1.82, 2.24) is 14.9 Å². The van der Waals surface area contributed by atoms with E-state index < -0.39 is 15.3 Å². The fourth-order valence-corrected chi connectivity index (χ4v) is 3.89. The van der Waals surface area contributed by atoms with Crippen LogP contribution in [-0.2, 0) is 14.8 Å². The first-order valence-electron chi connectivity index (χ1n) is 7.96. The van der Waals surface area contributed by atoms with Crippen molar-refractivity contribution < 1.29 is 13.2 Å². The minimum Gasteiger partial charge on any atom is -0.374 e. The zero-order valence-electron chi connectivity index (χ0n) is 13.3. The fourth-order valence-electron chi connectivity index (χ4n) is 2.87. The molecule has 2 aliphatic heterocycles. The van der Waals surface area contributed by atoms with E-state index >= 15 is 0 Å². The van der Waals surface area contributed by atoms with Crippen LogP contribution < -0.4 is 10.0 Å². The van der Waals surface area contributed by atoms with E-state index in [1.54, 1.807) is 6.92 Å². The summed E-state index contributed by atoms with van der Waals surface area (Å²) in [7, 11) is -3.29. The van der Waals surface area contributed by atoms with Crippen molar-refractivity contribution in [3.8, 4) is 0 Å². The number of rotatable bonds is 7. The number of nitrogens with zero attached hydrogens (tertiary/aromatic N) is 1. The van der Waals surface area contributed by atoms with Gasteiger partial charge in [-0.2, -0.15) is 0 Å². The molecule has 0 amide bonds. The lowest BCUT2D eigenvalue weighted by atomic mass is 10.2. The topological polar surface area (TPSA) is 70.7 Å². The smallest absolute Gasteiger partial charge is 0.215 e. The average Bonchev–Trinajstić information content (AvgIpc) is 2.89. The lowest BCUT2D eigenvalue weighted by Gasteiger charge is -2.35. The monoisotopic (exact) mass is 319 g/mol. The Hall–Kier alpha value is -0.210. The van der Waals surface area contributed by atoms with Crippen LogP contribution in [0.15, 0.2) is 0 Å². The first-order valence-corrected chi connectivity index (χ1v) is 9.50. The molecule has 7 heteroatoms. The quantitative estimate of drug-likeness (QED) is 0.699. The predicted octanol–water partition coefficient (Wildman–Crippen LogP) is 0.156. The van der Waals surface area contributed by atoms with Gasteiger partial charge >= 0.3 is 0 Å². The normalized spacial score (nSPS) is 28.8. The number of fused-ring (bicyclic) bond motifs is 1. The second kappa shape index (κ2) is 7.37. The maximum Gasteiger partial charge on any atom is 0.215 e. The third kappa shape index (κ3) is 4.89. The van der Waals surface area contributed by atoms with E-state index in [-0.39, 0.29) is 12.1 Å². The summed E-state index contributed by atoms with van der Waals surface area (Å²) in [5.74, 6) is 0. The van der Waals surface area contributed by atoms with Crippen LogP contribution in [0.1, 0.15) is 33.6 Å². The van der Waals surface area contributed by atoms with Crippen LogP contribution in [0.4, 0.5) is 0 Å². The summed E-state index contributed by atoms with van der Waals surface area (Å²) in [4.78, 5) is 2.42. The molecule has 21 heavy (non-hydrogen) atoms. The molecule has 2 aliphatic rings. The number of sulfonamides is 1. The Morgan fingerprint density at radius 3 is 2.81 bits per heavy atom. The molecule has 2 N–H and O–H groups in total. The Morgan fingerprint density at radius 1 is 1.33 bits per heavy atom. The summed E-state index contributed by atoms with van der Waals surface area (Å²) < 4.78 is 32.9. The molecule has 0 aromatic carbocycles. The maximum absolute atomic E-state index is 12.2. The highest BCUT2D eigenvalue weighted by Crippen LogP contribution is 2.22. The van der Waals surface area contributed by atoms with Gasteiger partial charge in [-0.15, -0.1) is 0 Å². The lowest BCUT2D eigenvalue weighted by molar-refractivity contribution is -0.0449. The third-order valence-corrected chi connectivity index (χ3v) is 6.11. The summed E-state index contributed by atoms with van der Waals surface area (Å²) >= 11 is 0. The maximum atomic E-state index is 12.2. The molecule has 0 bridgehead atoms. The number of morpholine rings is 1. The van der Waals surface area contributed by atoms with Gasteiger partial charge in [-0.1, -0.05) is 13.8 Å². The van der Waals surface area contributed by atoms with Crippen LogP contribution in [0.5, 0.6) is 0 Å². The van der Waals surface area contributed by atoms with Crippen LogP contribution in [0.25, 0.3) is 0 Å². The summed E-state index contributed by atoms with van der Waals surface area (Å²) in [6.45, 7) is 9.28. The van der Waals surface area contributed by atoms with E-state index in [4.69, 9.17) is 4.74 Å². The van der Waals surface area contributed by atoms with Crippen LogP contribution in [0.2, 0.25) is 0 Å². The van der Waals surface area contributed by atoms with Crippen LogP contribution >= 0.6 is 0 Å². The first-order chi connectivity index (χ1) is 9.88. The highest BCUT2D eigenvalue weighted by Gasteiger charge is 2.33. The Kier molecular flexibility index (Phi) is 6.02. The molecule has 0 aliphatic carbocycles. The van der Waals surface area contributed by atoms with E-state index in [9.17, 15) is 8.42 Å². The van der Waals surface area contributed by atoms with E-state index in [0.29, 0.717) is 19.1 Å². The summed E-state index contributed by atoms with van der Waals surface area (Å²) in [5, 5.41) is 2.72. The van der Waals surface area contributed by atoms with Crippen LogP contribution in [0, 0.1) is 0 Å². The molecule has 0 spiro atoms. The minimum absolute atomic E-state index is 0.0283. The molecule has 0 saturated carbocycles. The Morgan fingerprint density at radius 2 is 2.10 bits per heavy atom. The number of hydrogen-bond donors (Lipinski definition) is 2. The number of ether oxygens (including phenoxy) is 1. The molecule has 2 saturated heterocycles. The van der Waals surface area contributed by atoms with E-state index in [1.165, 1.54) is 12.8 Å². The van der Waals surface area contributed by atoms with Crippen molar-refractivity contribution in [2.24, 2.45) is 0 Å². The van der Waals surface area contributed by atoms with E-state index in [1.807, 2.05) is 13.8 Å². The van der Waals surface area contributed by atoms with Gasteiger partial charge in [0.2, 0.25) is 10.0 Å². The molecule has 3 atom stereocenters. The molecule has 0 radical (unpaired) electrons.